The number of hydrazine groups is 1. The van der Waals surface area contributed by atoms with Gasteiger partial charge in [-0.1, -0.05) is 60.7 Å². The van der Waals surface area contributed by atoms with Crippen LogP contribution in [0, 0.1) is 0 Å². The summed E-state index contributed by atoms with van der Waals surface area (Å²) in [5.41, 5.74) is 4.99. The average molecular weight is 380 g/mol. The number of hydrogen-bond donors (Lipinski definition) is 2. The van der Waals surface area contributed by atoms with Crippen molar-refractivity contribution in [3.8, 4) is 0 Å². The highest BCUT2D eigenvalue weighted by Gasteiger charge is 2.15. The second kappa shape index (κ2) is 8.62. The highest BCUT2D eigenvalue weighted by molar-refractivity contribution is 7.89. The second-order valence-electron chi connectivity index (χ2n) is 6.06. The van der Waals surface area contributed by atoms with E-state index >= 15 is 0 Å². The number of rotatable bonds is 7. The Balaban J connectivity index is 1.56. The fourth-order valence-corrected chi connectivity index (χ4v) is 3.46. The maximum absolute atomic E-state index is 12.2. The van der Waals surface area contributed by atoms with Crippen LogP contribution in [0.4, 0.5) is 0 Å². The van der Waals surface area contributed by atoms with E-state index in [9.17, 15) is 13.2 Å². The average Bonchev–Trinajstić information content (AvgIpc) is 2.72. The first-order chi connectivity index (χ1) is 13.0. The fourth-order valence-electron chi connectivity index (χ4n) is 2.60. The predicted molar refractivity (Wildman–Crippen MR) is 105 cm³/mol. The van der Waals surface area contributed by atoms with Crippen molar-refractivity contribution in [1.82, 2.24) is 10.3 Å². The van der Waals surface area contributed by atoms with E-state index in [0.717, 1.165) is 18.4 Å². The molecule has 3 rings (SSSR count). The van der Waals surface area contributed by atoms with Gasteiger partial charge in [0.1, 0.15) is 0 Å². The summed E-state index contributed by atoms with van der Waals surface area (Å²) in [6.07, 6.45) is 1.79. The Hall–Kier alpha value is -2.96. The van der Waals surface area contributed by atoms with E-state index in [4.69, 9.17) is 0 Å². The van der Waals surface area contributed by atoms with E-state index in [1.807, 2.05) is 30.3 Å². The Morgan fingerprint density at radius 3 is 1.81 bits per heavy atom. The summed E-state index contributed by atoms with van der Waals surface area (Å²) in [6.45, 7) is 0. The molecule has 1 amide bonds. The number of carbonyl (C=O) groups excluding carboxylic acids is 1. The quantitative estimate of drug-likeness (QED) is 0.619. The maximum atomic E-state index is 12.2. The molecule has 0 atom stereocenters. The van der Waals surface area contributed by atoms with Crippen LogP contribution in [0.15, 0.2) is 89.8 Å². The number of nitrogens with one attached hydrogen (secondary N) is 2. The first-order valence-electron chi connectivity index (χ1n) is 8.55. The van der Waals surface area contributed by atoms with Crippen LogP contribution in [0.5, 0.6) is 0 Å². The zero-order chi connectivity index (χ0) is 19.1. The highest BCUT2D eigenvalue weighted by Crippen LogP contribution is 2.10. The van der Waals surface area contributed by atoms with Gasteiger partial charge in [0.25, 0.3) is 15.9 Å². The first-order valence-corrected chi connectivity index (χ1v) is 10.0. The van der Waals surface area contributed by atoms with Gasteiger partial charge < -0.3 is 0 Å². The van der Waals surface area contributed by atoms with E-state index in [1.165, 1.54) is 17.7 Å². The molecule has 0 spiro atoms. The molecule has 0 fully saturated rings. The van der Waals surface area contributed by atoms with Gasteiger partial charge >= 0.3 is 0 Å². The van der Waals surface area contributed by atoms with E-state index in [2.05, 4.69) is 22.4 Å². The molecular weight excluding hydrogens is 360 g/mol. The monoisotopic (exact) mass is 380 g/mol. The van der Waals surface area contributed by atoms with Crippen molar-refractivity contribution >= 4 is 15.9 Å². The Labute approximate surface area is 159 Å². The van der Waals surface area contributed by atoms with Crippen LogP contribution in [0.2, 0.25) is 0 Å². The lowest BCUT2D eigenvalue weighted by Crippen LogP contribution is -2.41. The van der Waals surface area contributed by atoms with Gasteiger partial charge in [0, 0.05) is 5.56 Å². The molecule has 0 unspecified atom stereocenters. The van der Waals surface area contributed by atoms with Gasteiger partial charge in [0.05, 0.1) is 4.90 Å². The Morgan fingerprint density at radius 1 is 0.704 bits per heavy atom. The van der Waals surface area contributed by atoms with Crippen molar-refractivity contribution in [3.63, 3.8) is 0 Å². The summed E-state index contributed by atoms with van der Waals surface area (Å²) in [7, 11) is -3.79. The van der Waals surface area contributed by atoms with Crippen LogP contribution >= 0.6 is 0 Å². The summed E-state index contributed by atoms with van der Waals surface area (Å²) in [4.78, 5) is 14.4. The molecule has 0 saturated heterocycles. The van der Waals surface area contributed by atoms with E-state index in [1.54, 1.807) is 30.3 Å². The Kier molecular flexibility index (Phi) is 6.01. The number of benzene rings is 3. The number of aryl methyl sites for hydroxylation is 2. The van der Waals surface area contributed by atoms with Gasteiger partial charge in [-0.3, -0.25) is 10.2 Å². The van der Waals surface area contributed by atoms with Crippen molar-refractivity contribution in [2.24, 2.45) is 0 Å². The zero-order valence-corrected chi connectivity index (χ0v) is 15.4. The minimum Gasteiger partial charge on any atom is -0.273 e. The van der Waals surface area contributed by atoms with Crippen LogP contribution in [-0.4, -0.2) is 14.3 Å². The van der Waals surface area contributed by atoms with Gasteiger partial charge in [0.2, 0.25) is 0 Å². The lowest BCUT2D eigenvalue weighted by molar-refractivity contribution is 0.0945. The smallest absolute Gasteiger partial charge is 0.266 e. The molecule has 0 saturated carbocycles. The van der Waals surface area contributed by atoms with Crippen molar-refractivity contribution < 1.29 is 13.2 Å². The summed E-state index contributed by atoms with van der Waals surface area (Å²) in [5.74, 6) is -0.510. The molecule has 2 N–H and O–H groups in total. The van der Waals surface area contributed by atoms with E-state index in [0.29, 0.717) is 5.56 Å². The van der Waals surface area contributed by atoms with Gasteiger partial charge in [-0.05, 0) is 48.2 Å². The fraction of sp³-hybridized carbons (Fsp3) is 0.0952. The van der Waals surface area contributed by atoms with Crippen LogP contribution in [0.25, 0.3) is 0 Å². The maximum Gasteiger partial charge on any atom is 0.266 e. The molecule has 0 radical (unpaired) electrons. The molecule has 0 heterocycles. The third-order valence-corrected chi connectivity index (χ3v) is 5.38. The molecule has 0 aromatic heterocycles. The third kappa shape index (κ3) is 5.26. The van der Waals surface area contributed by atoms with Crippen molar-refractivity contribution in [2.75, 3.05) is 0 Å². The second-order valence-corrected chi connectivity index (χ2v) is 7.74. The van der Waals surface area contributed by atoms with E-state index in [-0.39, 0.29) is 4.90 Å². The predicted octanol–water partition coefficient (Wildman–Crippen LogP) is 3.10. The van der Waals surface area contributed by atoms with Crippen LogP contribution in [0.1, 0.15) is 21.5 Å². The lowest BCUT2D eigenvalue weighted by Gasteiger charge is -2.09. The number of amides is 1. The molecule has 0 aliphatic carbocycles. The van der Waals surface area contributed by atoms with Crippen molar-refractivity contribution in [2.45, 2.75) is 17.7 Å². The molecule has 0 aliphatic heterocycles. The first kappa shape index (κ1) is 18.8. The Bertz CT molecular complexity index is 987. The zero-order valence-electron chi connectivity index (χ0n) is 14.6. The minimum absolute atomic E-state index is 0.0848. The van der Waals surface area contributed by atoms with Crippen molar-refractivity contribution in [1.29, 1.82) is 0 Å². The van der Waals surface area contributed by atoms with Crippen LogP contribution in [-0.2, 0) is 22.9 Å². The molecule has 3 aromatic carbocycles. The molecule has 3 aromatic rings. The molecule has 5 nitrogen and oxygen atoms in total. The molecule has 0 bridgehead atoms. The highest BCUT2D eigenvalue weighted by atomic mass is 32.2. The van der Waals surface area contributed by atoms with Crippen molar-refractivity contribution in [3.05, 3.63) is 102 Å². The van der Waals surface area contributed by atoms with Crippen LogP contribution < -0.4 is 10.3 Å². The molecule has 138 valence electrons. The minimum atomic E-state index is -3.79. The summed E-state index contributed by atoms with van der Waals surface area (Å²) in [5, 5.41) is 0. The Morgan fingerprint density at radius 2 is 1.22 bits per heavy atom. The summed E-state index contributed by atoms with van der Waals surface area (Å²) >= 11 is 0. The summed E-state index contributed by atoms with van der Waals surface area (Å²) < 4.78 is 24.2. The molecule has 27 heavy (non-hydrogen) atoms. The normalized spacial score (nSPS) is 11.1. The topological polar surface area (TPSA) is 75.3 Å². The molecule has 6 heteroatoms. The van der Waals surface area contributed by atoms with Gasteiger partial charge in [-0.2, -0.15) is 0 Å². The SMILES string of the molecule is O=C(NNS(=O)(=O)c1ccccc1)c1ccc(CCc2ccccc2)cc1. The number of carbonyl (C=O) groups is 1. The third-order valence-electron chi connectivity index (χ3n) is 4.11. The largest absolute Gasteiger partial charge is 0.273 e. The van der Waals surface area contributed by atoms with Gasteiger partial charge in [0.15, 0.2) is 0 Å². The summed E-state index contributed by atoms with van der Waals surface area (Å²) in [6, 6.07) is 25.2. The standard InChI is InChI=1S/C21H20N2O3S/c24-21(22-23-27(25,26)20-9-5-2-6-10-20)19-15-13-18(14-16-19)12-11-17-7-3-1-4-8-17/h1-10,13-16,23H,11-12H2,(H,22,24). The van der Waals surface area contributed by atoms with Gasteiger partial charge in [-0.15, -0.1) is 4.83 Å². The lowest BCUT2D eigenvalue weighted by atomic mass is 10.0. The van der Waals surface area contributed by atoms with Gasteiger partial charge in [-0.25, -0.2) is 8.42 Å². The van der Waals surface area contributed by atoms with Crippen LogP contribution in [0.3, 0.4) is 0 Å². The number of hydrogen-bond acceptors (Lipinski definition) is 3. The number of sulfonamides is 1. The molecular formula is C21H20N2O3S. The van der Waals surface area contributed by atoms with E-state index < -0.39 is 15.9 Å². The molecule has 0 aliphatic rings.